The molecule has 3 aromatic heterocycles. The van der Waals surface area contributed by atoms with Crippen LogP contribution in [0.4, 0.5) is 0 Å². The third kappa shape index (κ3) is 3.56. The van der Waals surface area contributed by atoms with Crippen molar-refractivity contribution in [1.82, 2.24) is 14.1 Å². The molecule has 0 N–H and O–H groups in total. The molecule has 5 heteroatoms. The van der Waals surface area contributed by atoms with Gasteiger partial charge in [0.05, 0.1) is 44.8 Å². The Bertz CT molecular complexity index is 2940. The molecule has 3 nitrogen and oxygen atoms in total. The van der Waals surface area contributed by atoms with Gasteiger partial charge in [-0.1, -0.05) is 78.9 Å². The molecule has 0 radical (unpaired) electrons. The minimum absolute atomic E-state index is 0.987. The van der Waals surface area contributed by atoms with E-state index < -0.39 is 20.1 Å². The highest BCUT2D eigenvalue weighted by atomic mass is 32.3. The molecule has 0 saturated carbocycles. The lowest BCUT2D eigenvalue weighted by atomic mass is 10.1. The lowest BCUT2D eigenvalue weighted by Crippen LogP contribution is -2.11. The van der Waals surface area contributed by atoms with Gasteiger partial charge in [-0.25, -0.2) is 4.98 Å². The van der Waals surface area contributed by atoms with Gasteiger partial charge in [0.15, 0.2) is 0 Å². The molecule has 0 fully saturated rings. The minimum Gasteiger partial charge on any atom is -0.307 e. The predicted octanol–water partition coefficient (Wildman–Crippen LogP) is 12.2. The average molecular weight is 682 g/mol. The molecule has 50 heavy (non-hydrogen) atoms. The zero-order valence-electron chi connectivity index (χ0n) is 28.4. The maximum Gasteiger partial charge on any atom is 0.0710 e. The van der Waals surface area contributed by atoms with Gasteiger partial charge < -0.3 is 9.13 Å². The second-order valence-corrected chi connectivity index (χ2v) is 21.5. The Balaban J connectivity index is 1.09. The summed E-state index contributed by atoms with van der Waals surface area (Å²) in [5, 5.41) is 5.26. The first kappa shape index (κ1) is 28.6. The molecule has 0 unspecified atom stereocenters. The molecule has 0 spiro atoms. The predicted molar refractivity (Wildman–Crippen MR) is 216 cm³/mol. The van der Waals surface area contributed by atoms with E-state index in [9.17, 15) is 0 Å². The van der Waals surface area contributed by atoms with E-state index in [4.69, 9.17) is 4.98 Å². The summed E-state index contributed by atoms with van der Waals surface area (Å²) in [6, 6.07) is 52.0. The fourth-order valence-corrected chi connectivity index (χ4v) is 13.7. The molecule has 0 bridgehead atoms. The van der Waals surface area contributed by atoms with Crippen molar-refractivity contribution in [3.8, 4) is 33.9 Å². The zero-order chi connectivity index (χ0) is 33.5. The quantitative estimate of drug-likeness (QED) is 0.178. The van der Waals surface area contributed by atoms with Gasteiger partial charge in [-0.05, 0) is 85.7 Å². The number of nitrogens with zero attached hydrogens (tertiary/aromatic N) is 3. The van der Waals surface area contributed by atoms with Crippen molar-refractivity contribution in [3.05, 3.63) is 140 Å². The van der Waals surface area contributed by atoms with E-state index in [-0.39, 0.29) is 0 Å². The first-order valence-electron chi connectivity index (χ1n) is 17.1. The van der Waals surface area contributed by atoms with Crippen molar-refractivity contribution in [2.75, 3.05) is 25.0 Å². The monoisotopic (exact) mass is 681 g/mol. The highest BCUT2D eigenvalue weighted by Crippen LogP contribution is 2.65. The lowest BCUT2D eigenvalue weighted by molar-refractivity contribution is 1.08. The molecule has 2 aliphatic heterocycles. The lowest BCUT2D eigenvalue weighted by Gasteiger charge is -2.39. The smallest absolute Gasteiger partial charge is 0.0710 e. The third-order valence-electron chi connectivity index (χ3n) is 11.3. The van der Waals surface area contributed by atoms with E-state index in [1.807, 2.05) is 0 Å². The van der Waals surface area contributed by atoms with Crippen LogP contribution in [0.1, 0.15) is 0 Å². The first-order valence-corrected chi connectivity index (χ1v) is 22.0. The number of benzene rings is 6. The maximum atomic E-state index is 5.35. The van der Waals surface area contributed by atoms with Gasteiger partial charge in [0.1, 0.15) is 0 Å². The molecule has 5 heterocycles. The van der Waals surface area contributed by atoms with Gasteiger partial charge in [-0.3, -0.25) is 0 Å². The second kappa shape index (κ2) is 9.72. The summed E-state index contributed by atoms with van der Waals surface area (Å²) < 4.78 is 5.02. The minimum atomic E-state index is -1.21. The van der Waals surface area contributed by atoms with Crippen LogP contribution in [0.25, 0.3) is 77.5 Å². The normalized spacial score (nSPS) is 16.4. The van der Waals surface area contributed by atoms with E-state index in [0.29, 0.717) is 0 Å². The molecule has 2 aliphatic rings. The van der Waals surface area contributed by atoms with E-state index in [1.54, 1.807) is 0 Å². The van der Waals surface area contributed by atoms with Crippen LogP contribution in [0.15, 0.2) is 159 Å². The van der Waals surface area contributed by atoms with Crippen LogP contribution in [0.5, 0.6) is 0 Å². The van der Waals surface area contributed by atoms with Crippen molar-refractivity contribution in [3.63, 3.8) is 0 Å². The number of rotatable bonds is 2. The molecule has 9 aromatic rings. The highest BCUT2D eigenvalue weighted by molar-refractivity contribution is 8.33. The molecular weight excluding hydrogens is 647 g/mol. The average Bonchev–Trinajstić information content (AvgIpc) is 3.66. The van der Waals surface area contributed by atoms with Gasteiger partial charge in [0.2, 0.25) is 0 Å². The first-order chi connectivity index (χ1) is 24.3. The van der Waals surface area contributed by atoms with Crippen LogP contribution >= 0.6 is 20.1 Å². The van der Waals surface area contributed by atoms with Crippen molar-refractivity contribution in [2.24, 2.45) is 0 Å². The molecule has 242 valence electrons. The van der Waals surface area contributed by atoms with E-state index in [1.165, 1.54) is 74.6 Å². The number of aromatic nitrogens is 3. The Kier molecular flexibility index (Phi) is 5.56. The van der Waals surface area contributed by atoms with Crippen LogP contribution in [-0.4, -0.2) is 39.1 Å². The van der Waals surface area contributed by atoms with Gasteiger partial charge >= 0.3 is 0 Å². The molecular formula is C45H35N3S2. The van der Waals surface area contributed by atoms with Crippen molar-refractivity contribution >= 4 is 63.7 Å². The van der Waals surface area contributed by atoms with Crippen LogP contribution in [0, 0.1) is 0 Å². The third-order valence-corrected chi connectivity index (χ3v) is 17.0. The summed E-state index contributed by atoms with van der Waals surface area (Å²) in [7, 11) is -2.35. The Hall–Kier alpha value is -5.23. The number of hydrogen-bond donors (Lipinski definition) is 0. The Morgan fingerprint density at radius 1 is 0.400 bits per heavy atom. The van der Waals surface area contributed by atoms with Crippen LogP contribution < -0.4 is 0 Å². The van der Waals surface area contributed by atoms with Gasteiger partial charge in [0.25, 0.3) is 0 Å². The summed E-state index contributed by atoms with van der Waals surface area (Å²) in [6.45, 7) is 0. The summed E-state index contributed by atoms with van der Waals surface area (Å²) in [5.41, 5.74) is 12.0. The number of hydrogen-bond acceptors (Lipinski definition) is 1. The van der Waals surface area contributed by atoms with Crippen molar-refractivity contribution in [2.45, 2.75) is 19.6 Å². The molecule has 0 atom stereocenters. The van der Waals surface area contributed by atoms with Crippen LogP contribution in [0.3, 0.4) is 0 Å². The Morgan fingerprint density at radius 2 is 0.920 bits per heavy atom. The van der Waals surface area contributed by atoms with Crippen LogP contribution in [-0.2, 0) is 0 Å². The van der Waals surface area contributed by atoms with Crippen molar-refractivity contribution < 1.29 is 0 Å². The Labute approximate surface area is 294 Å². The molecule has 0 aliphatic carbocycles. The zero-order valence-corrected chi connectivity index (χ0v) is 30.1. The second-order valence-electron chi connectivity index (χ2n) is 14.4. The number of fused-ring (bicyclic) bond motifs is 10. The SMILES string of the molecule is CS1(C)c2ccc(-c3cccc(-c4ccc5c6cccc7c6n(c5c4)-c4ccccc4S7(C)C)n3)cc2-n2c3ccccc3c3cccc1c32. The molecule has 0 amide bonds. The van der Waals surface area contributed by atoms with E-state index in [2.05, 4.69) is 174 Å². The summed E-state index contributed by atoms with van der Waals surface area (Å²) in [4.78, 5) is 11.1. The standard InChI is InChI=1S/C45H35N3S2/c1-49(2)40-19-8-7-18-37(40)48-38-26-28(22-24-31(38)33-14-10-21-43(49)45(33)48)34-15-11-16-35(46-34)29-23-25-41-39(27-29)47-36-17-6-5-12-30(36)32-13-9-20-42(44(32)47)50(41,3)4/h5-27H,1-4H3. The Morgan fingerprint density at radius 3 is 1.66 bits per heavy atom. The summed E-state index contributed by atoms with van der Waals surface area (Å²) in [6.07, 6.45) is 9.76. The molecule has 6 aromatic carbocycles. The molecule has 0 saturated heterocycles. The number of para-hydroxylation sites is 4. The topological polar surface area (TPSA) is 22.8 Å². The van der Waals surface area contributed by atoms with Gasteiger partial charge in [-0.15, -0.1) is 0 Å². The fraction of sp³-hybridized carbons (Fsp3) is 0.0889. The van der Waals surface area contributed by atoms with Gasteiger partial charge in [-0.2, -0.15) is 20.1 Å². The highest BCUT2D eigenvalue weighted by Gasteiger charge is 2.33. The maximum absolute atomic E-state index is 5.35. The van der Waals surface area contributed by atoms with Crippen LogP contribution in [0.2, 0.25) is 0 Å². The summed E-state index contributed by atoms with van der Waals surface area (Å²) >= 11 is 0. The molecule has 11 rings (SSSR count). The summed E-state index contributed by atoms with van der Waals surface area (Å²) in [5.74, 6) is 0. The van der Waals surface area contributed by atoms with Gasteiger partial charge in [0, 0.05) is 52.3 Å². The van der Waals surface area contributed by atoms with E-state index in [0.717, 1.165) is 22.5 Å². The fourth-order valence-electron chi connectivity index (χ4n) is 8.86. The van der Waals surface area contributed by atoms with Crippen molar-refractivity contribution in [1.29, 1.82) is 0 Å². The largest absolute Gasteiger partial charge is 0.307 e. The number of pyridine rings is 1. The van der Waals surface area contributed by atoms with E-state index >= 15 is 0 Å².